The van der Waals surface area contributed by atoms with Crippen LogP contribution in [0.15, 0.2) is 0 Å². The van der Waals surface area contributed by atoms with Gasteiger partial charge in [0.15, 0.2) is 0 Å². The Morgan fingerprint density at radius 2 is 2.20 bits per heavy atom. The zero-order valence-corrected chi connectivity index (χ0v) is 10.3. The molecule has 0 aromatic heterocycles. The highest BCUT2D eigenvalue weighted by Gasteiger charge is 2.53. The third kappa shape index (κ3) is 1.89. The molecule has 3 aliphatic rings. The normalized spacial score (nSPS) is 36.9. The standard InChI is InChI=1S/C12H20ClNO/c1-12(2)9-4-3-8(10(12)5-9)7-14-11(15)6-13/h8-10H,3-7H2,1-2H3,(H,14,15)/t8?,9-,10-/m1/s1. The van der Waals surface area contributed by atoms with E-state index in [0.29, 0.717) is 11.3 Å². The molecule has 3 atom stereocenters. The van der Waals surface area contributed by atoms with Crippen molar-refractivity contribution in [1.82, 2.24) is 5.32 Å². The number of carbonyl (C=O) groups is 1. The highest BCUT2D eigenvalue weighted by atomic mass is 35.5. The second kappa shape index (κ2) is 3.97. The van der Waals surface area contributed by atoms with Crippen LogP contribution in [0.3, 0.4) is 0 Å². The number of carbonyl (C=O) groups excluding carboxylic acids is 1. The number of hydrogen-bond donors (Lipinski definition) is 1. The molecule has 0 aliphatic heterocycles. The Balaban J connectivity index is 1.86. The third-order valence-corrected chi connectivity index (χ3v) is 4.93. The molecule has 0 aromatic carbocycles. The number of alkyl halides is 1. The van der Waals surface area contributed by atoms with E-state index in [0.717, 1.165) is 18.4 Å². The van der Waals surface area contributed by atoms with Gasteiger partial charge >= 0.3 is 0 Å². The maximum Gasteiger partial charge on any atom is 0.234 e. The van der Waals surface area contributed by atoms with Crippen molar-refractivity contribution in [2.45, 2.75) is 33.1 Å². The Bertz CT molecular complexity index is 262. The van der Waals surface area contributed by atoms with Crippen LogP contribution >= 0.6 is 11.6 Å². The number of rotatable bonds is 3. The smallest absolute Gasteiger partial charge is 0.234 e. The van der Waals surface area contributed by atoms with E-state index in [-0.39, 0.29) is 11.8 Å². The first kappa shape index (κ1) is 11.3. The Morgan fingerprint density at radius 1 is 1.47 bits per heavy atom. The number of hydrogen-bond acceptors (Lipinski definition) is 1. The molecule has 3 fully saturated rings. The van der Waals surface area contributed by atoms with Gasteiger partial charge < -0.3 is 5.32 Å². The highest BCUT2D eigenvalue weighted by molar-refractivity contribution is 6.27. The summed E-state index contributed by atoms with van der Waals surface area (Å²) in [4.78, 5) is 11.1. The minimum Gasteiger partial charge on any atom is -0.355 e. The fourth-order valence-corrected chi connectivity index (χ4v) is 3.59. The molecule has 3 rings (SSSR count). The van der Waals surface area contributed by atoms with Crippen LogP contribution in [0, 0.1) is 23.2 Å². The van der Waals surface area contributed by atoms with Gasteiger partial charge in [-0.05, 0) is 42.4 Å². The van der Waals surface area contributed by atoms with Crippen molar-refractivity contribution >= 4 is 17.5 Å². The average Bonchev–Trinajstić information content (AvgIpc) is 2.25. The van der Waals surface area contributed by atoms with Gasteiger partial charge in [0, 0.05) is 6.54 Å². The van der Waals surface area contributed by atoms with Crippen molar-refractivity contribution in [3.63, 3.8) is 0 Å². The number of nitrogens with one attached hydrogen (secondary N) is 1. The molecule has 1 unspecified atom stereocenters. The highest BCUT2D eigenvalue weighted by Crippen LogP contribution is 2.61. The van der Waals surface area contributed by atoms with Gasteiger partial charge in [-0.1, -0.05) is 13.8 Å². The Hall–Kier alpha value is -0.240. The van der Waals surface area contributed by atoms with Crippen LogP contribution in [0.25, 0.3) is 0 Å². The lowest BCUT2D eigenvalue weighted by Gasteiger charge is -2.60. The fraction of sp³-hybridized carbons (Fsp3) is 0.917. The summed E-state index contributed by atoms with van der Waals surface area (Å²) < 4.78 is 0. The first-order chi connectivity index (χ1) is 7.05. The molecule has 3 aliphatic carbocycles. The molecule has 3 saturated carbocycles. The second-order valence-corrected chi connectivity index (χ2v) is 5.90. The van der Waals surface area contributed by atoms with Crippen molar-refractivity contribution < 1.29 is 4.79 Å². The van der Waals surface area contributed by atoms with Gasteiger partial charge in [0.1, 0.15) is 5.88 Å². The molecule has 15 heavy (non-hydrogen) atoms. The van der Waals surface area contributed by atoms with Crippen LogP contribution in [-0.4, -0.2) is 18.3 Å². The maximum absolute atomic E-state index is 11.1. The van der Waals surface area contributed by atoms with Gasteiger partial charge in [-0.2, -0.15) is 0 Å². The summed E-state index contributed by atoms with van der Waals surface area (Å²) in [5, 5.41) is 2.92. The molecule has 3 heteroatoms. The molecular weight excluding hydrogens is 210 g/mol. The lowest BCUT2D eigenvalue weighted by atomic mass is 9.45. The van der Waals surface area contributed by atoms with Gasteiger partial charge in [0.05, 0.1) is 0 Å². The minimum atomic E-state index is -0.0316. The topological polar surface area (TPSA) is 29.1 Å². The molecule has 2 bridgehead atoms. The van der Waals surface area contributed by atoms with E-state index in [1.807, 2.05) is 0 Å². The van der Waals surface area contributed by atoms with Gasteiger partial charge in [0.2, 0.25) is 5.91 Å². The van der Waals surface area contributed by atoms with Gasteiger partial charge in [-0.3, -0.25) is 4.79 Å². The summed E-state index contributed by atoms with van der Waals surface area (Å²) in [5.41, 5.74) is 0.509. The Labute approximate surface area is 96.8 Å². The molecule has 0 spiro atoms. The molecule has 0 radical (unpaired) electrons. The van der Waals surface area contributed by atoms with Crippen molar-refractivity contribution in [3.8, 4) is 0 Å². The number of amides is 1. The first-order valence-electron chi connectivity index (χ1n) is 5.88. The van der Waals surface area contributed by atoms with E-state index in [1.54, 1.807) is 0 Å². The van der Waals surface area contributed by atoms with E-state index < -0.39 is 0 Å². The van der Waals surface area contributed by atoms with Crippen LogP contribution in [0.1, 0.15) is 33.1 Å². The summed E-state index contributed by atoms with van der Waals surface area (Å²) >= 11 is 5.46. The molecule has 0 aromatic rings. The van der Waals surface area contributed by atoms with Crippen molar-refractivity contribution in [1.29, 1.82) is 0 Å². The SMILES string of the molecule is CC1(C)[C@@H]2CCC(CNC(=O)CCl)[C@H]1C2. The van der Waals surface area contributed by atoms with Crippen molar-refractivity contribution in [2.24, 2.45) is 23.2 Å². The molecule has 1 amide bonds. The van der Waals surface area contributed by atoms with Gasteiger partial charge in [-0.25, -0.2) is 0 Å². The maximum atomic E-state index is 11.1. The predicted molar refractivity (Wildman–Crippen MR) is 61.8 cm³/mol. The first-order valence-corrected chi connectivity index (χ1v) is 6.41. The van der Waals surface area contributed by atoms with E-state index in [1.165, 1.54) is 19.3 Å². The van der Waals surface area contributed by atoms with E-state index in [2.05, 4.69) is 19.2 Å². The van der Waals surface area contributed by atoms with Crippen LogP contribution in [-0.2, 0) is 4.79 Å². The zero-order chi connectivity index (χ0) is 11.1. The van der Waals surface area contributed by atoms with Crippen LogP contribution in [0.2, 0.25) is 0 Å². The van der Waals surface area contributed by atoms with Crippen LogP contribution < -0.4 is 5.32 Å². The molecule has 2 nitrogen and oxygen atoms in total. The van der Waals surface area contributed by atoms with Crippen molar-refractivity contribution in [2.75, 3.05) is 12.4 Å². The van der Waals surface area contributed by atoms with E-state index in [4.69, 9.17) is 11.6 Å². The molecule has 0 saturated heterocycles. The van der Waals surface area contributed by atoms with Gasteiger partial charge in [0.25, 0.3) is 0 Å². The number of fused-ring (bicyclic) bond motifs is 2. The molecule has 0 heterocycles. The zero-order valence-electron chi connectivity index (χ0n) is 9.55. The summed E-state index contributed by atoms with van der Waals surface area (Å²) in [5.74, 6) is 2.48. The fourth-order valence-electron chi connectivity index (χ4n) is 3.50. The van der Waals surface area contributed by atoms with E-state index >= 15 is 0 Å². The second-order valence-electron chi connectivity index (χ2n) is 5.64. The third-order valence-electron chi connectivity index (χ3n) is 4.68. The summed E-state index contributed by atoms with van der Waals surface area (Å²) in [7, 11) is 0. The Morgan fingerprint density at radius 3 is 2.73 bits per heavy atom. The largest absolute Gasteiger partial charge is 0.355 e. The lowest BCUT2D eigenvalue weighted by Crippen LogP contribution is -2.54. The molecule has 1 N–H and O–H groups in total. The Kier molecular flexibility index (Phi) is 2.98. The summed E-state index contributed by atoms with van der Waals surface area (Å²) in [6.07, 6.45) is 3.99. The quantitative estimate of drug-likeness (QED) is 0.740. The van der Waals surface area contributed by atoms with Crippen LogP contribution in [0.5, 0.6) is 0 Å². The monoisotopic (exact) mass is 229 g/mol. The minimum absolute atomic E-state index is 0.0316. The average molecular weight is 230 g/mol. The number of halogens is 1. The van der Waals surface area contributed by atoms with Crippen molar-refractivity contribution in [3.05, 3.63) is 0 Å². The van der Waals surface area contributed by atoms with E-state index in [9.17, 15) is 4.79 Å². The predicted octanol–water partition coefficient (Wildman–Crippen LogP) is 2.41. The summed E-state index contributed by atoms with van der Waals surface area (Å²) in [6, 6.07) is 0. The van der Waals surface area contributed by atoms with Gasteiger partial charge in [-0.15, -0.1) is 11.6 Å². The lowest BCUT2D eigenvalue weighted by molar-refractivity contribution is -0.122. The summed E-state index contributed by atoms with van der Waals surface area (Å²) in [6.45, 7) is 5.58. The van der Waals surface area contributed by atoms with Crippen LogP contribution in [0.4, 0.5) is 0 Å². The molecular formula is C12H20ClNO. The molecule has 86 valence electrons.